The van der Waals surface area contributed by atoms with Crippen LogP contribution in [-0.2, 0) is 11.3 Å². The van der Waals surface area contributed by atoms with Gasteiger partial charge in [0.1, 0.15) is 5.75 Å². The fourth-order valence-electron chi connectivity index (χ4n) is 4.91. The first-order valence-corrected chi connectivity index (χ1v) is 11.4. The van der Waals surface area contributed by atoms with Crippen molar-refractivity contribution < 1.29 is 14.3 Å². The van der Waals surface area contributed by atoms with Gasteiger partial charge in [-0.05, 0) is 49.8 Å². The SMILES string of the molecule is O=C(c1cn(CC2CCC(Oc3ccccc3)CC2)c2ccccc12)N1CCOCC1. The summed E-state index contributed by atoms with van der Waals surface area (Å²) in [6.45, 7) is 3.54. The molecule has 0 bridgehead atoms. The highest BCUT2D eigenvalue weighted by Gasteiger charge is 2.26. The Bertz CT molecular complexity index is 1020. The van der Waals surface area contributed by atoms with Gasteiger partial charge in [-0.2, -0.15) is 0 Å². The molecule has 0 unspecified atom stereocenters. The molecular formula is C26H30N2O3. The molecule has 1 amide bonds. The van der Waals surface area contributed by atoms with Crippen molar-refractivity contribution in [3.8, 4) is 5.75 Å². The number of hydrogen-bond donors (Lipinski definition) is 0. The van der Waals surface area contributed by atoms with E-state index in [4.69, 9.17) is 9.47 Å². The molecule has 1 aliphatic heterocycles. The monoisotopic (exact) mass is 418 g/mol. The minimum Gasteiger partial charge on any atom is -0.490 e. The molecule has 1 saturated carbocycles. The second-order valence-electron chi connectivity index (χ2n) is 8.69. The molecule has 1 aromatic heterocycles. The van der Waals surface area contributed by atoms with Gasteiger partial charge in [0.25, 0.3) is 5.91 Å². The average Bonchev–Trinajstić information content (AvgIpc) is 3.19. The Morgan fingerprint density at radius 2 is 1.65 bits per heavy atom. The lowest BCUT2D eigenvalue weighted by Gasteiger charge is -2.29. The van der Waals surface area contributed by atoms with E-state index in [0.717, 1.165) is 54.4 Å². The number of nitrogens with zero attached hydrogens (tertiary/aromatic N) is 2. The van der Waals surface area contributed by atoms with Crippen LogP contribution >= 0.6 is 0 Å². The van der Waals surface area contributed by atoms with Gasteiger partial charge in [0.05, 0.1) is 24.9 Å². The molecule has 1 aliphatic carbocycles. The summed E-state index contributed by atoms with van der Waals surface area (Å²) in [5.41, 5.74) is 1.97. The van der Waals surface area contributed by atoms with Crippen LogP contribution in [0.15, 0.2) is 60.8 Å². The topological polar surface area (TPSA) is 43.7 Å². The molecule has 1 saturated heterocycles. The van der Waals surface area contributed by atoms with E-state index >= 15 is 0 Å². The molecule has 31 heavy (non-hydrogen) atoms. The van der Waals surface area contributed by atoms with Crippen LogP contribution in [0, 0.1) is 5.92 Å². The van der Waals surface area contributed by atoms with Gasteiger partial charge in [-0.3, -0.25) is 4.79 Å². The zero-order valence-corrected chi connectivity index (χ0v) is 17.9. The van der Waals surface area contributed by atoms with Crippen molar-refractivity contribution in [3.05, 3.63) is 66.4 Å². The van der Waals surface area contributed by atoms with Crippen LogP contribution < -0.4 is 4.74 Å². The van der Waals surface area contributed by atoms with Crippen molar-refractivity contribution in [2.24, 2.45) is 5.92 Å². The zero-order chi connectivity index (χ0) is 21.0. The lowest BCUT2D eigenvalue weighted by atomic mass is 9.87. The highest BCUT2D eigenvalue weighted by atomic mass is 16.5. The van der Waals surface area contributed by atoms with Crippen LogP contribution in [0.5, 0.6) is 5.75 Å². The number of rotatable bonds is 5. The van der Waals surface area contributed by atoms with E-state index in [2.05, 4.69) is 29.0 Å². The van der Waals surface area contributed by atoms with E-state index in [9.17, 15) is 4.79 Å². The summed E-state index contributed by atoms with van der Waals surface area (Å²) in [7, 11) is 0. The average molecular weight is 419 g/mol. The minimum absolute atomic E-state index is 0.123. The molecular weight excluding hydrogens is 388 g/mol. The first-order valence-electron chi connectivity index (χ1n) is 11.4. The molecule has 162 valence electrons. The lowest BCUT2D eigenvalue weighted by Crippen LogP contribution is -2.40. The van der Waals surface area contributed by atoms with Crippen LogP contribution in [0.4, 0.5) is 0 Å². The lowest BCUT2D eigenvalue weighted by molar-refractivity contribution is 0.0304. The maximum atomic E-state index is 13.2. The van der Waals surface area contributed by atoms with Crippen molar-refractivity contribution in [2.45, 2.75) is 38.3 Å². The first kappa shape index (κ1) is 20.1. The van der Waals surface area contributed by atoms with Crippen molar-refractivity contribution >= 4 is 16.8 Å². The third kappa shape index (κ3) is 4.47. The summed E-state index contributed by atoms with van der Waals surface area (Å²) in [6, 6.07) is 18.4. The summed E-state index contributed by atoms with van der Waals surface area (Å²) >= 11 is 0. The number of fused-ring (bicyclic) bond motifs is 1. The Kier molecular flexibility index (Phi) is 5.94. The largest absolute Gasteiger partial charge is 0.490 e. The Morgan fingerprint density at radius 1 is 0.935 bits per heavy atom. The fourth-order valence-corrected chi connectivity index (χ4v) is 4.91. The zero-order valence-electron chi connectivity index (χ0n) is 17.9. The molecule has 0 atom stereocenters. The van der Waals surface area contributed by atoms with E-state index in [1.807, 2.05) is 41.3 Å². The highest BCUT2D eigenvalue weighted by molar-refractivity contribution is 6.07. The Morgan fingerprint density at radius 3 is 2.42 bits per heavy atom. The summed E-state index contributed by atoms with van der Waals surface area (Å²) in [5, 5.41) is 1.06. The molecule has 0 N–H and O–H groups in total. The standard InChI is InChI=1S/C26H30N2O3/c29-26(27-14-16-30-17-15-27)24-19-28(25-9-5-4-8-23(24)25)18-20-10-12-22(13-11-20)31-21-6-2-1-3-7-21/h1-9,19-20,22H,10-18H2. The molecule has 5 rings (SSSR count). The minimum atomic E-state index is 0.123. The number of benzene rings is 2. The van der Waals surface area contributed by atoms with Gasteiger partial charge in [0.2, 0.25) is 0 Å². The Labute approximate surface area is 183 Å². The van der Waals surface area contributed by atoms with Gasteiger partial charge < -0.3 is 18.9 Å². The van der Waals surface area contributed by atoms with Crippen LogP contribution in [0.2, 0.25) is 0 Å². The summed E-state index contributed by atoms with van der Waals surface area (Å²) < 4.78 is 13.9. The number of hydrogen-bond acceptors (Lipinski definition) is 3. The molecule has 5 heteroatoms. The summed E-state index contributed by atoms with van der Waals surface area (Å²) in [6.07, 6.45) is 6.85. The molecule has 0 spiro atoms. The smallest absolute Gasteiger partial charge is 0.256 e. The highest BCUT2D eigenvalue weighted by Crippen LogP contribution is 2.31. The second kappa shape index (κ2) is 9.15. The van der Waals surface area contributed by atoms with Gasteiger partial charge in [0.15, 0.2) is 0 Å². The normalized spacial score (nSPS) is 21.9. The van der Waals surface area contributed by atoms with Gasteiger partial charge in [-0.25, -0.2) is 0 Å². The quantitative estimate of drug-likeness (QED) is 0.601. The second-order valence-corrected chi connectivity index (χ2v) is 8.69. The molecule has 5 nitrogen and oxygen atoms in total. The number of para-hydroxylation sites is 2. The summed E-state index contributed by atoms with van der Waals surface area (Å²) in [4.78, 5) is 15.1. The maximum Gasteiger partial charge on any atom is 0.256 e. The number of ether oxygens (including phenoxy) is 2. The molecule has 2 fully saturated rings. The Balaban J connectivity index is 1.27. The van der Waals surface area contributed by atoms with Gasteiger partial charge in [-0.1, -0.05) is 36.4 Å². The van der Waals surface area contributed by atoms with Crippen molar-refractivity contribution in [1.82, 2.24) is 9.47 Å². The Hall–Kier alpha value is -2.79. The van der Waals surface area contributed by atoms with Gasteiger partial charge in [0, 0.05) is 36.7 Å². The van der Waals surface area contributed by atoms with Crippen LogP contribution in [-0.4, -0.2) is 47.8 Å². The maximum absolute atomic E-state index is 13.2. The molecule has 0 radical (unpaired) electrons. The van der Waals surface area contributed by atoms with E-state index in [0.29, 0.717) is 38.3 Å². The van der Waals surface area contributed by atoms with Gasteiger partial charge >= 0.3 is 0 Å². The van der Waals surface area contributed by atoms with E-state index < -0.39 is 0 Å². The summed E-state index contributed by atoms with van der Waals surface area (Å²) in [5.74, 6) is 1.70. The van der Waals surface area contributed by atoms with Crippen LogP contribution in [0.3, 0.4) is 0 Å². The number of aromatic nitrogens is 1. The van der Waals surface area contributed by atoms with Gasteiger partial charge in [-0.15, -0.1) is 0 Å². The van der Waals surface area contributed by atoms with Crippen LogP contribution in [0.25, 0.3) is 10.9 Å². The number of amides is 1. The van der Waals surface area contributed by atoms with E-state index in [-0.39, 0.29) is 5.91 Å². The van der Waals surface area contributed by atoms with E-state index in [1.54, 1.807) is 0 Å². The predicted octanol–water partition coefficient (Wildman–Crippen LogP) is 4.75. The third-order valence-corrected chi connectivity index (χ3v) is 6.61. The number of carbonyl (C=O) groups excluding carboxylic acids is 1. The van der Waals surface area contributed by atoms with Crippen molar-refractivity contribution in [1.29, 1.82) is 0 Å². The van der Waals surface area contributed by atoms with E-state index in [1.165, 1.54) is 0 Å². The van der Waals surface area contributed by atoms with Crippen LogP contribution in [0.1, 0.15) is 36.0 Å². The molecule has 2 aliphatic rings. The molecule has 3 aromatic rings. The molecule has 2 heterocycles. The number of morpholine rings is 1. The predicted molar refractivity (Wildman–Crippen MR) is 121 cm³/mol. The fraction of sp³-hybridized carbons (Fsp3) is 0.423. The number of carbonyl (C=O) groups is 1. The van der Waals surface area contributed by atoms with Crippen molar-refractivity contribution in [3.63, 3.8) is 0 Å². The molecule has 2 aromatic carbocycles. The first-order chi connectivity index (χ1) is 15.3. The van der Waals surface area contributed by atoms with Crippen molar-refractivity contribution in [2.75, 3.05) is 26.3 Å². The third-order valence-electron chi connectivity index (χ3n) is 6.61.